The van der Waals surface area contributed by atoms with Crippen LogP contribution >= 0.6 is 0 Å². The smallest absolute Gasteiger partial charge is 0.410 e. The van der Waals surface area contributed by atoms with Crippen molar-refractivity contribution in [3.05, 3.63) is 36.0 Å². The van der Waals surface area contributed by atoms with Crippen molar-refractivity contribution in [3.8, 4) is 0 Å². The van der Waals surface area contributed by atoms with Crippen LogP contribution in [0.3, 0.4) is 0 Å². The monoisotopic (exact) mass is 357 g/mol. The molecule has 2 aliphatic rings. The lowest BCUT2D eigenvalue weighted by Crippen LogP contribution is -2.51. The lowest BCUT2D eigenvalue weighted by Gasteiger charge is -2.35. The van der Waals surface area contributed by atoms with Crippen molar-refractivity contribution in [1.82, 2.24) is 14.8 Å². The van der Waals surface area contributed by atoms with E-state index in [0.717, 1.165) is 23.7 Å². The van der Waals surface area contributed by atoms with E-state index in [1.54, 1.807) is 9.80 Å². The topological polar surface area (TPSA) is 74.9 Å². The number of ether oxygens (including phenoxy) is 2. The van der Waals surface area contributed by atoms with Crippen molar-refractivity contribution in [3.63, 3.8) is 0 Å². The zero-order chi connectivity index (χ0) is 17.9. The van der Waals surface area contributed by atoms with E-state index in [4.69, 9.17) is 9.47 Å². The molecular formula is C19H23N3O4. The van der Waals surface area contributed by atoms with Crippen LogP contribution in [0.5, 0.6) is 0 Å². The molecule has 138 valence electrons. The van der Waals surface area contributed by atoms with Gasteiger partial charge in [-0.15, -0.1) is 0 Å². The summed E-state index contributed by atoms with van der Waals surface area (Å²) in [6, 6.07) is 9.70. The SMILES string of the molecule is O=C(OC1CCOCC1)N1CCN(C(=O)c2cc3ccccc3[nH]2)CC1. The minimum absolute atomic E-state index is 0.0290. The number of nitrogens with one attached hydrogen (secondary N) is 1. The van der Waals surface area contributed by atoms with Gasteiger partial charge in [0.1, 0.15) is 11.8 Å². The number of carbonyl (C=O) groups excluding carboxylic acids is 2. The first kappa shape index (κ1) is 16.9. The summed E-state index contributed by atoms with van der Waals surface area (Å²) < 4.78 is 10.8. The Balaban J connectivity index is 1.32. The minimum Gasteiger partial charge on any atom is -0.446 e. The van der Waals surface area contributed by atoms with Gasteiger partial charge < -0.3 is 24.3 Å². The van der Waals surface area contributed by atoms with Crippen LogP contribution in [0, 0.1) is 0 Å². The van der Waals surface area contributed by atoms with E-state index >= 15 is 0 Å². The van der Waals surface area contributed by atoms with Gasteiger partial charge in [0.15, 0.2) is 0 Å². The van der Waals surface area contributed by atoms with Crippen LogP contribution in [0.4, 0.5) is 4.79 Å². The van der Waals surface area contributed by atoms with Crippen molar-refractivity contribution in [2.75, 3.05) is 39.4 Å². The molecule has 26 heavy (non-hydrogen) atoms. The van der Waals surface area contributed by atoms with Gasteiger partial charge in [-0.25, -0.2) is 4.79 Å². The summed E-state index contributed by atoms with van der Waals surface area (Å²) in [5, 5.41) is 1.02. The molecule has 3 heterocycles. The van der Waals surface area contributed by atoms with Gasteiger partial charge in [-0.1, -0.05) is 18.2 Å². The number of piperazine rings is 1. The fourth-order valence-electron chi connectivity index (χ4n) is 3.46. The van der Waals surface area contributed by atoms with Crippen LogP contribution in [0.2, 0.25) is 0 Å². The highest BCUT2D eigenvalue weighted by molar-refractivity contribution is 5.98. The molecule has 7 heteroatoms. The lowest BCUT2D eigenvalue weighted by molar-refractivity contribution is -0.0141. The van der Waals surface area contributed by atoms with E-state index in [9.17, 15) is 9.59 Å². The highest BCUT2D eigenvalue weighted by atomic mass is 16.6. The highest BCUT2D eigenvalue weighted by Gasteiger charge is 2.28. The van der Waals surface area contributed by atoms with E-state index in [1.165, 1.54) is 0 Å². The Morgan fingerprint density at radius 3 is 2.46 bits per heavy atom. The second kappa shape index (κ2) is 7.37. The third-order valence-electron chi connectivity index (χ3n) is 5.02. The first-order valence-electron chi connectivity index (χ1n) is 9.11. The predicted octanol–water partition coefficient (Wildman–Crippen LogP) is 2.24. The summed E-state index contributed by atoms with van der Waals surface area (Å²) in [4.78, 5) is 31.6. The van der Waals surface area contributed by atoms with E-state index in [-0.39, 0.29) is 18.1 Å². The molecule has 7 nitrogen and oxygen atoms in total. The molecule has 0 spiro atoms. The summed E-state index contributed by atoms with van der Waals surface area (Å²) in [6.45, 7) is 3.30. The molecule has 4 rings (SSSR count). The number of hydrogen-bond donors (Lipinski definition) is 1. The second-order valence-corrected chi connectivity index (χ2v) is 6.75. The molecule has 2 aromatic rings. The number of aromatic amines is 1. The molecule has 0 radical (unpaired) electrons. The Morgan fingerprint density at radius 2 is 1.73 bits per heavy atom. The third kappa shape index (κ3) is 3.53. The molecule has 0 saturated carbocycles. The first-order valence-corrected chi connectivity index (χ1v) is 9.11. The Kier molecular flexibility index (Phi) is 4.79. The van der Waals surface area contributed by atoms with Gasteiger partial charge in [-0.05, 0) is 12.1 Å². The molecule has 1 N–H and O–H groups in total. The second-order valence-electron chi connectivity index (χ2n) is 6.75. The molecule has 2 saturated heterocycles. The van der Waals surface area contributed by atoms with E-state index in [1.807, 2.05) is 30.3 Å². The van der Waals surface area contributed by atoms with Gasteiger partial charge in [0.25, 0.3) is 5.91 Å². The Bertz CT molecular complexity index is 756. The van der Waals surface area contributed by atoms with Crippen LogP contribution in [0.15, 0.2) is 30.3 Å². The molecule has 0 aliphatic carbocycles. The van der Waals surface area contributed by atoms with Crippen molar-refractivity contribution in [2.24, 2.45) is 0 Å². The number of fused-ring (bicyclic) bond motifs is 1. The standard InChI is InChI=1S/C19H23N3O4/c23-18(17-13-14-3-1-2-4-16(14)20-17)21-7-9-22(10-8-21)19(24)26-15-5-11-25-12-6-15/h1-4,13,15,20H,5-12H2. The quantitative estimate of drug-likeness (QED) is 0.894. The summed E-state index contributed by atoms with van der Waals surface area (Å²) in [6.07, 6.45) is 1.17. The molecule has 2 aliphatic heterocycles. The normalized spacial score (nSPS) is 18.9. The summed E-state index contributed by atoms with van der Waals surface area (Å²) in [5.41, 5.74) is 1.54. The van der Waals surface area contributed by atoms with Gasteiger partial charge in [0.05, 0.1) is 13.2 Å². The van der Waals surface area contributed by atoms with Crippen LogP contribution in [0.1, 0.15) is 23.3 Å². The molecular weight excluding hydrogens is 334 g/mol. The lowest BCUT2D eigenvalue weighted by atomic mass is 10.2. The zero-order valence-corrected chi connectivity index (χ0v) is 14.6. The Labute approximate surface area is 151 Å². The van der Waals surface area contributed by atoms with E-state index in [2.05, 4.69) is 4.98 Å². The summed E-state index contributed by atoms with van der Waals surface area (Å²) >= 11 is 0. The fraction of sp³-hybridized carbons (Fsp3) is 0.474. The van der Waals surface area contributed by atoms with Crippen LogP contribution in [0.25, 0.3) is 10.9 Å². The summed E-state index contributed by atoms with van der Waals surface area (Å²) in [5.74, 6) is -0.0290. The molecule has 1 aromatic heterocycles. The van der Waals surface area contributed by atoms with Crippen LogP contribution in [-0.4, -0.2) is 72.3 Å². The number of aromatic nitrogens is 1. The number of amides is 2. The average Bonchev–Trinajstić information content (AvgIpc) is 3.12. The molecule has 0 atom stereocenters. The van der Waals surface area contributed by atoms with Gasteiger partial charge in [-0.3, -0.25) is 4.79 Å². The number of benzene rings is 1. The molecule has 2 fully saturated rings. The van der Waals surface area contributed by atoms with Gasteiger partial charge >= 0.3 is 6.09 Å². The maximum absolute atomic E-state index is 12.7. The Morgan fingerprint density at radius 1 is 1.04 bits per heavy atom. The van der Waals surface area contributed by atoms with E-state index < -0.39 is 0 Å². The highest BCUT2D eigenvalue weighted by Crippen LogP contribution is 2.18. The molecule has 0 bridgehead atoms. The molecule has 1 aromatic carbocycles. The average molecular weight is 357 g/mol. The largest absolute Gasteiger partial charge is 0.446 e. The van der Waals surface area contributed by atoms with Gasteiger partial charge in [-0.2, -0.15) is 0 Å². The Hall–Kier alpha value is -2.54. The number of H-pyrrole nitrogens is 1. The van der Waals surface area contributed by atoms with Crippen molar-refractivity contribution in [1.29, 1.82) is 0 Å². The number of rotatable bonds is 2. The number of nitrogens with zero attached hydrogens (tertiary/aromatic N) is 2. The maximum atomic E-state index is 12.7. The van der Waals surface area contributed by atoms with Crippen LogP contribution < -0.4 is 0 Å². The third-order valence-corrected chi connectivity index (χ3v) is 5.02. The molecule has 0 unspecified atom stereocenters. The molecule has 2 amide bonds. The number of hydrogen-bond acceptors (Lipinski definition) is 4. The first-order chi connectivity index (χ1) is 12.7. The predicted molar refractivity (Wildman–Crippen MR) is 96.1 cm³/mol. The fourth-order valence-corrected chi connectivity index (χ4v) is 3.46. The van der Waals surface area contributed by atoms with Gasteiger partial charge in [0, 0.05) is 49.9 Å². The number of para-hydroxylation sites is 1. The van der Waals surface area contributed by atoms with Crippen LogP contribution in [-0.2, 0) is 9.47 Å². The van der Waals surface area contributed by atoms with Crippen molar-refractivity contribution < 1.29 is 19.1 Å². The number of carbonyl (C=O) groups is 2. The van der Waals surface area contributed by atoms with Gasteiger partial charge in [0.2, 0.25) is 0 Å². The van der Waals surface area contributed by atoms with Crippen molar-refractivity contribution >= 4 is 22.9 Å². The maximum Gasteiger partial charge on any atom is 0.410 e. The zero-order valence-electron chi connectivity index (χ0n) is 14.6. The van der Waals surface area contributed by atoms with E-state index in [0.29, 0.717) is 45.1 Å². The summed E-state index contributed by atoms with van der Waals surface area (Å²) in [7, 11) is 0. The van der Waals surface area contributed by atoms with Crippen molar-refractivity contribution in [2.45, 2.75) is 18.9 Å². The minimum atomic E-state index is -0.283.